The lowest BCUT2D eigenvalue weighted by molar-refractivity contribution is 0.413. The fourth-order valence-electron chi connectivity index (χ4n) is 2.87. The first-order valence-electron chi connectivity index (χ1n) is 5.93. The quantitative estimate of drug-likeness (QED) is 0.776. The van der Waals surface area contributed by atoms with Gasteiger partial charge in [0.2, 0.25) is 0 Å². The zero-order valence-corrected chi connectivity index (χ0v) is 9.57. The Labute approximate surface area is 96.3 Å². The number of methoxy groups -OCH3 is 1. The van der Waals surface area contributed by atoms with E-state index in [0.29, 0.717) is 5.92 Å². The van der Waals surface area contributed by atoms with E-state index in [-0.39, 0.29) is 0 Å². The van der Waals surface area contributed by atoms with Crippen molar-refractivity contribution in [3.05, 3.63) is 35.4 Å². The summed E-state index contributed by atoms with van der Waals surface area (Å²) in [5.74, 6) is 2.38. The predicted molar refractivity (Wildman–Crippen MR) is 65.7 cm³/mol. The number of ether oxygens (including phenoxy) is 1. The van der Waals surface area contributed by atoms with Gasteiger partial charge in [-0.1, -0.05) is 18.2 Å². The largest absolute Gasteiger partial charge is 0.497 e. The smallest absolute Gasteiger partial charge is 0.119 e. The van der Waals surface area contributed by atoms with Gasteiger partial charge in [-0.3, -0.25) is 0 Å². The first-order chi connectivity index (χ1) is 7.88. The first kappa shape index (κ1) is 9.91. The maximum absolute atomic E-state index is 5.33. The van der Waals surface area contributed by atoms with Crippen molar-refractivity contribution in [3.8, 4) is 5.75 Å². The van der Waals surface area contributed by atoms with E-state index in [9.17, 15) is 0 Å². The number of hydrogen-bond donors (Lipinski definition) is 1. The second-order valence-corrected chi connectivity index (χ2v) is 4.66. The summed E-state index contributed by atoms with van der Waals surface area (Å²) in [5.41, 5.74) is 2.81. The molecule has 1 saturated heterocycles. The van der Waals surface area contributed by atoms with Gasteiger partial charge in [-0.25, -0.2) is 0 Å². The van der Waals surface area contributed by atoms with Gasteiger partial charge in [0.25, 0.3) is 0 Å². The number of allylic oxidation sites excluding steroid dienone is 1. The summed E-state index contributed by atoms with van der Waals surface area (Å²) in [5, 5.41) is 3.50. The molecule has 2 aliphatic rings. The summed E-state index contributed by atoms with van der Waals surface area (Å²) in [4.78, 5) is 0. The van der Waals surface area contributed by atoms with Crippen LogP contribution in [0.4, 0.5) is 0 Å². The molecule has 0 amide bonds. The van der Waals surface area contributed by atoms with E-state index in [2.05, 4.69) is 29.6 Å². The molecule has 0 saturated carbocycles. The van der Waals surface area contributed by atoms with Gasteiger partial charge >= 0.3 is 0 Å². The molecule has 84 valence electrons. The Kier molecular flexibility index (Phi) is 2.44. The average Bonchev–Trinajstić information content (AvgIpc) is 2.71. The fourth-order valence-corrected chi connectivity index (χ4v) is 2.87. The predicted octanol–water partition coefficient (Wildman–Crippen LogP) is 2.42. The number of fused-ring (bicyclic) bond motifs is 3. The highest BCUT2D eigenvalue weighted by molar-refractivity contribution is 5.58. The van der Waals surface area contributed by atoms with Gasteiger partial charge in [0.05, 0.1) is 7.11 Å². The van der Waals surface area contributed by atoms with Crippen LogP contribution in [-0.2, 0) is 0 Å². The molecule has 1 aliphatic heterocycles. The third-order valence-electron chi connectivity index (χ3n) is 3.77. The Bertz CT molecular complexity index is 425. The van der Waals surface area contributed by atoms with Crippen LogP contribution in [0.15, 0.2) is 24.3 Å². The minimum Gasteiger partial charge on any atom is -0.497 e. The normalized spacial score (nSPS) is 27.1. The minimum absolute atomic E-state index is 0.653. The van der Waals surface area contributed by atoms with E-state index in [1.807, 2.05) is 6.07 Å². The maximum Gasteiger partial charge on any atom is 0.119 e. The van der Waals surface area contributed by atoms with Gasteiger partial charge in [0, 0.05) is 12.5 Å². The lowest BCUT2D eigenvalue weighted by Crippen LogP contribution is -2.09. The van der Waals surface area contributed by atoms with Crippen LogP contribution in [0.2, 0.25) is 0 Å². The Morgan fingerprint density at radius 1 is 1.31 bits per heavy atom. The van der Waals surface area contributed by atoms with Crippen molar-refractivity contribution < 1.29 is 4.74 Å². The van der Waals surface area contributed by atoms with Crippen LogP contribution in [0.25, 0.3) is 6.08 Å². The summed E-state index contributed by atoms with van der Waals surface area (Å²) < 4.78 is 5.33. The van der Waals surface area contributed by atoms with Crippen molar-refractivity contribution in [3.63, 3.8) is 0 Å². The van der Waals surface area contributed by atoms with Gasteiger partial charge in [-0.15, -0.1) is 0 Å². The second kappa shape index (κ2) is 3.95. The van der Waals surface area contributed by atoms with Crippen molar-refractivity contribution in [1.29, 1.82) is 0 Å². The molecule has 1 unspecified atom stereocenters. The van der Waals surface area contributed by atoms with E-state index in [1.165, 1.54) is 17.5 Å². The molecular weight excluding hydrogens is 198 g/mol. The van der Waals surface area contributed by atoms with E-state index in [4.69, 9.17) is 4.74 Å². The molecule has 3 rings (SSSR count). The van der Waals surface area contributed by atoms with Crippen LogP contribution in [-0.4, -0.2) is 20.2 Å². The van der Waals surface area contributed by atoms with Gasteiger partial charge in [-0.2, -0.15) is 0 Å². The number of hydrogen-bond acceptors (Lipinski definition) is 2. The molecule has 0 aromatic heterocycles. The summed E-state index contributed by atoms with van der Waals surface area (Å²) in [7, 11) is 1.73. The first-order valence-corrected chi connectivity index (χ1v) is 5.93. The summed E-state index contributed by atoms with van der Waals surface area (Å²) in [6, 6.07) is 6.42. The number of benzene rings is 1. The van der Waals surface area contributed by atoms with Crippen molar-refractivity contribution in [2.24, 2.45) is 5.92 Å². The van der Waals surface area contributed by atoms with Crippen LogP contribution in [0.3, 0.4) is 0 Å². The molecule has 1 aromatic rings. The van der Waals surface area contributed by atoms with Crippen LogP contribution >= 0.6 is 0 Å². The Morgan fingerprint density at radius 2 is 2.25 bits per heavy atom. The SMILES string of the molecule is COc1ccc2c(c1)[C@H]1CNCC1CC=C2. The highest BCUT2D eigenvalue weighted by Gasteiger charge is 2.30. The Hall–Kier alpha value is -1.28. The molecule has 2 heteroatoms. The standard InChI is InChI=1S/C14H17NO/c1-16-12-6-5-10-3-2-4-11-8-15-9-14(11)13(10)7-12/h2-3,5-7,11,14-15H,4,8-9H2,1H3/t11?,14-/m0/s1. The van der Waals surface area contributed by atoms with Gasteiger partial charge in [-0.05, 0) is 42.1 Å². The topological polar surface area (TPSA) is 21.3 Å². The fraction of sp³-hybridized carbons (Fsp3) is 0.429. The monoisotopic (exact) mass is 215 g/mol. The zero-order chi connectivity index (χ0) is 11.0. The summed E-state index contributed by atoms with van der Waals surface area (Å²) in [6.45, 7) is 2.25. The van der Waals surface area contributed by atoms with Gasteiger partial charge < -0.3 is 10.1 Å². The highest BCUT2D eigenvalue weighted by Crippen LogP contribution is 2.37. The number of rotatable bonds is 1. The van der Waals surface area contributed by atoms with Crippen molar-refractivity contribution >= 4 is 6.08 Å². The van der Waals surface area contributed by atoms with E-state index < -0.39 is 0 Å². The molecule has 16 heavy (non-hydrogen) atoms. The lowest BCUT2D eigenvalue weighted by atomic mass is 9.86. The third-order valence-corrected chi connectivity index (χ3v) is 3.77. The summed E-state index contributed by atoms with van der Waals surface area (Å²) >= 11 is 0. The van der Waals surface area contributed by atoms with Crippen LogP contribution < -0.4 is 10.1 Å². The zero-order valence-electron chi connectivity index (χ0n) is 9.57. The molecule has 1 aliphatic carbocycles. The Balaban J connectivity index is 2.07. The average molecular weight is 215 g/mol. The minimum atomic E-state index is 0.653. The molecule has 1 fully saturated rings. The maximum atomic E-state index is 5.33. The molecule has 0 bridgehead atoms. The molecule has 2 atom stereocenters. The van der Waals surface area contributed by atoms with Crippen LogP contribution in [0.1, 0.15) is 23.5 Å². The summed E-state index contributed by atoms with van der Waals surface area (Å²) in [6.07, 6.45) is 5.75. The third kappa shape index (κ3) is 1.54. The van der Waals surface area contributed by atoms with Crippen molar-refractivity contribution in [2.75, 3.05) is 20.2 Å². The molecule has 2 nitrogen and oxygen atoms in total. The number of nitrogens with one attached hydrogen (secondary N) is 1. The van der Waals surface area contributed by atoms with E-state index in [0.717, 1.165) is 24.8 Å². The lowest BCUT2D eigenvalue weighted by Gasteiger charge is -2.18. The van der Waals surface area contributed by atoms with Crippen LogP contribution in [0.5, 0.6) is 5.75 Å². The van der Waals surface area contributed by atoms with Gasteiger partial charge in [0.1, 0.15) is 5.75 Å². The molecule has 1 heterocycles. The molecule has 0 radical (unpaired) electrons. The molecule has 1 aromatic carbocycles. The van der Waals surface area contributed by atoms with Gasteiger partial charge in [0.15, 0.2) is 0 Å². The Morgan fingerprint density at radius 3 is 3.12 bits per heavy atom. The van der Waals surface area contributed by atoms with Crippen molar-refractivity contribution in [1.82, 2.24) is 5.32 Å². The molecule has 0 spiro atoms. The molecule has 1 N–H and O–H groups in total. The molecular formula is C14H17NO. The van der Waals surface area contributed by atoms with Crippen LogP contribution in [0, 0.1) is 5.92 Å². The van der Waals surface area contributed by atoms with E-state index in [1.54, 1.807) is 7.11 Å². The second-order valence-electron chi connectivity index (χ2n) is 4.66. The van der Waals surface area contributed by atoms with Crippen molar-refractivity contribution in [2.45, 2.75) is 12.3 Å². The highest BCUT2D eigenvalue weighted by atomic mass is 16.5. The van der Waals surface area contributed by atoms with E-state index >= 15 is 0 Å².